The monoisotopic (exact) mass is 457 g/mol. The van der Waals surface area contributed by atoms with Crippen LogP contribution in [0.15, 0.2) is 29.4 Å². The Hall–Kier alpha value is -2.55. The summed E-state index contributed by atoms with van der Waals surface area (Å²) in [4.78, 5) is 26.2. The molecule has 4 rings (SSSR count). The van der Waals surface area contributed by atoms with Crippen molar-refractivity contribution in [3.05, 3.63) is 24.3 Å². The van der Waals surface area contributed by atoms with Gasteiger partial charge in [0.25, 0.3) is 0 Å². The van der Waals surface area contributed by atoms with Gasteiger partial charge in [0.15, 0.2) is 11.0 Å². The smallest absolute Gasteiger partial charge is 0.233 e. The average molecular weight is 458 g/mol. The number of hydrogen-bond donors (Lipinski definition) is 1. The van der Waals surface area contributed by atoms with Crippen LogP contribution in [0, 0.1) is 5.92 Å². The zero-order chi connectivity index (χ0) is 22.5. The SMILES string of the molecule is COc1ccccc1-c1nnc(SCC(=O)N2CCCC(C(N)=O)C2)n1C1CCCCC1. The Morgan fingerprint density at radius 3 is 2.66 bits per heavy atom. The number of primary amides is 1. The van der Waals surface area contributed by atoms with Gasteiger partial charge in [0, 0.05) is 19.1 Å². The number of benzene rings is 1. The molecule has 1 aromatic carbocycles. The summed E-state index contributed by atoms with van der Waals surface area (Å²) in [5, 5.41) is 9.76. The standard InChI is InChI=1S/C23H31N5O3S/c1-31-19-12-6-5-11-18(19)22-25-26-23(28(22)17-9-3-2-4-10-17)32-15-20(29)27-13-7-8-16(14-27)21(24)30/h5-6,11-12,16-17H,2-4,7-10,13-15H2,1H3,(H2,24,30). The quantitative estimate of drug-likeness (QED) is 0.640. The van der Waals surface area contributed by atoms with E-state index in [1.165, 1.54) is 31.0 Å². The fourth-order valence-electron chi connectivity index (χ4n) is 4.71. The number of ether oxygens (including phenoxy) is 1. The van der Waals surface area contributed by atoms with Gasteiger partial charge in [-0.15, -0.1) is 10.2 Å². The van der Waals surface area contributed by atoms with Crippen molar-refractivity contribution >= 4 is 23.6 Å². The van der Waals surface area contributed by atoms with E-state index in [2.05, 4.69) is 14.8 Å². The van der Waals surface area contributed by atoms with Crippen molar-refractivity contribution in [1.82, 2.24) is 19.7 Å². The molecule has 2 N–H and O–H groups in total. The average Bonchev–Trinajstić information content (AvgIpc) is 3.26. The highest BCUT2D eigenvalue weighted by Gasteiger charge is 2.29. The summed E-state index contributed by atoms with van der Waals surface area (Å²) in [7, 11) is 1.66. The predicted octanol–water partition coefficient (Wildman–Crippen LogP) is 3.27. The molecule has 2 heterocycles. The molecule has 0 radical (unpaired) electrons. The highest BCUT2D eigenvalue weighted by Crippen LogP contribution is 2.38. The third-order valence-electron chi connectivity index (χ3n) is 6.45. The van der Waals surface area contributed by atoms with Crippen LogP contribution in [-0.4, -0.2) is 57.4 Å². The van der Waals surface area contributed by atoms with Gasteiger partial charge in [0.05, 0.1) is 24.3 Å². The number of para-hydroxylation sites is 1. The van der Waals surface area contributed by atoms with Crippen molar-refractivity contribution in [3.8, 4) is 17.1 Å². The number of thioether (sulfide) groups is 1. The molecule has 2 aliphatic rings. The molecule has 2 amide bonds. The number of carbonyl (C=O) groups is 2. The summed E-state index contributed by atoms with van der Waals surface area (Å²) in [6, 6.07) is 8.15. The molecule has 1 aromatic heterocycles. The molecular weight excluding hydrogens is 426 g/mol. The zero-order valence-electron chi connectivity index (χ0n) is 18.5. The van der Waals surface area contributed by atoms with Gasteiger partial charge in [-0.1, -0.05) is 43.2 Å². The van der Waals surface area contributed by atoms with Crippen LogP contribution in [0.2, 0.25) is 0 Å². The molecule has 1 aliphatic carbocycles. The van der Waals surface area contributed by atoms with Crippen LogP contribution in [-0.2, 0) is 9.59 Å². The minimum Gasteiger partial charge on any atom is -0.496 e. The molecule has 9 heteroatoms. The van der Waals surface area contributed by atoms with E-state index in [9.17, 15) is 9.59 Å². The third kappa shape index (κ3) is 4.92. The number of aromatic nitrogens is 3. The first-order chi connectivity index (χ1) is 15.6. The Balaban J connectivity index is 1.55. The molecule has 1 saturated carbocycles. The Bertz CT molecular complexity index is 957. The lowest BCUT2D eigenvalue weighted by Gasteiger charge is -2.31. The topological polar surface area (TPSA) is 103 Å². The van der Waals surface area contributed by atoms with E-state index in [1.54, 1.807) is 12.0 Å². The maximum atomic E-state index is 12.9. The molecule has 1 aliphatic heterocycles. The lowest BCUT2D eigenvalue weighted by atomic mass is 9.95. The van der Waals surface area contributed by atoms with Crippen LogP contribution in [0.3, 0.4) is 0 Å². The number of nitrogens with two attached hydrogens (primary N) is 1. The van der Waals surface area contributed by atoms with Crippen molar-refractivity contribution in [2.75, 3.05) is 26.0 Å². The van der Waals surface area contributed by atoms with Crippen LogP contribution in [0.1, 0.15) is 51.0 Å². The molecule has 1 saturated heterocycles. The van der Waals surface area contributed by atoms with E-state index in [-0.39, 0.29) is 23.5 Å². The summed E-state index contributed by atoms with van der Waals surface area (Å²) in [5.74, 6) is 1.25. The number of amides is 2. The van der Waals surface area contributed by atoms with E-state index in [0.29, 0.717) is 19.1 Å². The number of rotatable bonds is 7. The normalized spacial score (nSPS) is 19.7. The minimum absolute atomic E-state index is 0.0120. The zero-order valence-corrected chi connectivity index (χ0v) is 19.4. The maximum absolute atomic E-state index is 12.9. The second kappa shape index (κ2) is 10.4. The second-order valence-electron chi connectivity index (χ2n) is 8.54. The van der Waals surface area contributed by atoms with E-state index in [1.807, 2.05) is 24.3 Å². The second-order valence-corrected chi connectivity index (χ2v) is 9.48. The first-order valence-corrected chi connectivity index (χ1v) is 12.3. The summed E-state index contributed by atoms with van der Waals surface area (Å²) in [6.45, 7) is 1.08. The molecule has 1 atom stereocenters. The van der Waals surface area contributed by atoms with E-state index >= 15 is 0 Å². The Morgan fingerprint density at radius 1 is 1.12 bits per heavy atom. The molecule has 1 unspecified atom stereocenters. The number of hydrogen-bond acceptors (Lipinski definition) is 6. The molecule has 0 bridgehead atoms. The Morgan fingerprint density at radius 2 is 1.91 bits per heavy atom. The molecule has 172 valence electrons. The third-order valence-corrected chi connectivity index (χ3v) is 7.38. The van der Waals surface area contributed by atoms with Crippen LogP contribution < -0.4 is 10.5 Å². The van der Waals surface area contributed by atoms with Gasteiger partial charge in [-0.2, -0.15) is 0 Å². The Kier molecular flexibility index (Phi) is 7.34. The van der Waals surface area contributed by atoms with Gasteiger partial charge >= 0.3 is 0 Å². The van der Waals surface area contributed by atoms with Gasteiger partial charge < -0.3 is 15.4 Å². The van der Waals surface area contributed by atoms with Gasteiger partial charge in [-0.25, -0.2) is 0 Å². The molecule has 2 aromatic rings. The number of piperidine rings is 1. The van der Waals surface area contributed by atoms with Crippen LogP contribution in [0.5, 0.6) is 5.75 Å². The van der Waals surface area contributed by atoms with Gasteiger partial charge in [-0.3, -0.25) is 14.2 Å². The van der Waals surface area contributed by atoms with E-state index in [4.69, 9.17) is 10.5 Å². The highest BCUT2D eigenvalue weighted by atomic mass is 32.2. The molecule has 8 nitrogen and oxygen atoms in total. The molecule has 0 spiro atoms. The maximum Gasteiger partial charge on any atom is 0.233 e. The lowest BCUT2D eigenvalue weighted by Crippen LogP contribution is -2.44. The van der Waals surface area contributed by atoms with Crippen molar-refractivity contribution in [3.63, 3.8) is 0 Å². The van der Waals surface area contributed by atoms with E-state index in [0.717, 1.165) is 48.0 Å². The summed E-state index contributed by atoms with van der Waals surface area (Å²) < 4.78 is 7.78. The summed E-state index contributed by atoms with van der Waals surface area (Å²) in [5.41, 5.74) is 6.37. The van der Waals surface area contributed by atoms with Crippen LogP contribution in [0.4, 0.5) is 0 Å². The highest BCUT2D eigenvalue weighted by molar-refractivity contribution is 7.99. The summed E-state index contributed by atoms with van der Waals surface area (Å²) >= 11 is 1.42. The van der Waals surface area contributed by atoms with Crippen molar-refractivity contribution in [2.45, 2.75) is 56.1 Å². The molecule has 32 heavy (non-hydrogen) atoms. The fourth-order valence-corrected chi connectivity index (χ4v) is 5.62. The minimum atomic E-state index is -0.325. The van der Waals surface area contributed by atoms with Gasteiger partial charge in [-0.05, 0) is 37.8 Å². The number of likely N-dealkylation sites (tertiary alicyclic amines) is 1. The lowest BCUT2D eigenvalue weighted by molar-refractivity contribution is -0.132. The number of methoxy groups -OCH3 is 1. The fraction of sp³-hybridized carbons (Fsp3) is 0.565. The number of carbonyl (C=O) groups excluding carboxylic acids is 2. The van der Waals surface area contributed by atoms with Crippen molar-refractivity contribution in [1.29, 1.82) is 0 Å². The van der Waals surface area contributed by atoms with Crippen LogP contribution in [0.25, 0.3) is 11.4 Å². The molecular formula is C23H31N5O3S. The first-order valence-electron chi connectivity index (χ1n) is 11.4. The largest absolute Gasteiger partial charge is 0.496 e. The van der Waals surface area contributed by atoms with E-state index < -0.39 is 0 Å². The van der Waals surface area contributed by atoms with Crippen molar-refractivity contribution in [2.24, 2.45) is 11.7 Å². The molecule has 2 fully saturated rings. The van der Waals surface area contributed by atoms with Crippen LogP contribution >= 0.6 is 11.8 Å². The Labute approximate surface area is 192 Å². The first kappa shape index (κ1) is 22.6. The predicted molar refractivity (Wildman–Crippen MR) is 123 cm³/mol. The van der Waals surface area contributed by atoms with Gasteiger partial charge in [0.2, 0.25) is 11.8 Å². The van der Waals surface area contributed by atoms with Crippen molar-refractivity contribution < 1.29 is 14.3 Å². The number of nitrogens with zero attached hydrogens (tertiary/aromatic N) is 4. The van der Waals surface area contributed by atoms with Gasteiger partial charge in [0.1, 0.15) is 5.75 Å². The summed E-state index contributed by atoms with van der Waals surface area (Å²) in [6.07, 6.45) is 7.33.